The van der Waals surface area contributed by atoms with Crippen molar-refractivity contribution in [3.63, 3.8) is 0 Å². The van der Waals surface area contributed by atoms with Crippen molar-refractivity contribution in [2.24, 2.45) is 0 Å². The zero-order chi connectivity index (χ0) is 12.7. The maximum Gasteiger partial charge on any atom is 0.317 e. The van der Waals surface area contributed by atoms with Crippen LogP contribution in [0.2, 0.25) is 0 Å². The first-order valence-electron chi connectivity index (χ1n) is 5.84. The van der Waals surface area contributed by atoms with E-state index in [1.807, 2.05) is 44.2 Å². The molecule has 0 fully saturated rings. The van der Waals surface area contributed by atoms with Crippen LogP contribution in [0.25, 0.3) is 0 Å². The normalized spacial score (nSPS) is 9.76. The summed E-state index contributed by atoms with van der Waals surface area (Å²) in [6, 6.07) is 9.84. The molecule has 1 N–H and O–H groups in total. The Morgan fingerprint density at radius 3 is 2.53 bits per heavy atom. The Bertz CT molecular complexity index is 373. The Hall–Kier alpha value is -1.77. The number of urea groups is 1. The SMILES string of the molecule is C=C(C)CN(CC)C(=O)NCc1ccccc1. The summed E-state index contributed by atoms with van der Waals surface area (Å²) in [5.74, 6) is 0. The molecule has 0 bridgehead atoms. The number of carbonyl (C=O) groups is 1. The summed E-state index contributed by atoms with van der Waals surface area (Å²) in [5.41, 5.74) is 2.09. The molecule has 1 rings (SSSR count). The predicted octanol–water partition coefficient (Wildman–Crippen LogP) is 2.79. The summed E-state index contributed by atoms with van der Waals surface area (Å²) in [4.78, 5) is 13.6. The molecule has 0 unspecified atom stereocenters. The summed E-state index contributed by atoms with van der Waals surface area (Å²) in [6.45, 7) is 9.57. The lowest BCUT2D eigenvalue weighted by molar-refractivity contribution is 0.204. The number of nitrogens with zero attached hydrogens (tertiary/aromatic N) is 1. The van der Waals surface area contributed by atoms with Crippen molar-refractivity contribution in [2.45, 2.75) is 20.4 Å². The summed E-state index contributed by atoms with van der Waals surface area (Å²) in [7, 11) is 0. The average Bonchev–Trinajstić information content (AvgIpc) is 2.34. The Morgan fingerprint density at radius 2 is 2.00 bits per heavy atom. The second kappa shape index (κ2) is 6.74. The van der Waals surface area contributed by atoms with Crippen LogP contribution < -0.4 is 5.32 Å². The highest BCUT2D eigenvalue weighted by molar-refractivity contribution is 5.74. The van der Waals surface area contributed by atoms with E-state index in [0.717, 1.165) is 11.1 Å². The fraction of sp³-hybridized carbons (Fsp3) is 0.357. The van der Waals surface area contributed by atoms with Crippen LogP contribution in [-0.4, -0.2) is 24.0 Å². The molecule has 92 valence electrons. The lowest BCUT2D eigenvalue weighted by atomic mass is 10.2. The minimum atomic E-state index is -0.0423. The molecule has 0 radical (unpaired) electrons. The van der Waals surface area contributed by atoms with Gasteiger partial charge in [0.15, 0.2) is 0 Å². The number of benzene rings is 1. The largest absolute Gasteiger partial charge is 0.334 e. The quantitative estimate of drug-likeness (QED) is 0.778. The third kappa shape index (κ3) is 4.72. The van der Waals surface area contributed by atoms with Gasteiger partial charge in [0.2, 0.25) is 0 Å². The standard InChI is InChI=1S/C14H20N2O/c1-4-16(11-12(2)3)14(17)15-10-13-8-6-5-7-9-13/h5-9H,2,4,10-11H2,1,3H3,(H,15,17). The first-order valence-corrected chi connectivity index (χ1v) is 5.84. The molecule has 0 spiro atoms. The monoisotopic (exact) mass is 232 g/mol. The lowest BCUT2D eigenvalue weighted by Gasteiger charge is -2.21. The van der Waals surface area contributed by atoms with E-state index in [-0.39, 0.29) is 6.03 Å². The van der Waals surface area contributed by atoms with Gasteiger partial charge in [-0.25, -0.2) is 4.79 Å². The van der Waals surface area contributed by atoms with E-state index in [0.29, 0.717) is 19.6 Å². The highest BCUT2D eigenvalue weighted by atomic mass is 16.2. The molecule has 0 aliphatic carbocycles. The molecule has 3 nitrogen and oxygen atoms in total. The Balaban J connectivity index is 2.45. The van der Waals surface area contributed by atoms with Gasteiger partial charge in [0, 0.05) is 19.6 Å². The Morgan fingerprint density at radius 1 is 1.35 bits per heavy atom. The molecule has 0 atom stereocenters. The van der Waals surface area contributed by atoms with E-state index >= 15 is 0 Å². The fourth-order valence-corrected chi connectivity index (χ4v) is 1.54. The molecule has 0 aromatic heterocycles. The van der Waals surface area contributed by atoms with Crippen LogP contribution in [-0.2, 0) is 6.54 Å². The van der Waals surface area contributed by atoms with Gasteiger partial charge in [-0.3, -0.25) is 0 Å². The third-order valence-corrected chi connectivity index (χ3v) is 2.42. The van der Waals surface area contributed by atoms with Gasteiger partial charge in [0.25, 0.3) is 0 Å². The molecular weight excluding hydrogens is 212 g/mol. The first-order chi connectivity index (χ1) is 8.13. The highest BCUT2D eigenvalue weighted by Crippen LogP contribution is 2.00. The van der Waals surface area contributed by atoms with Gasteiger partial charge < -0.3 is 10.2 Å². The second-order valence-corrected chi connectivity index (χ2v) is 4.12. The fourth-order valence-electron chi connectivity index (χ4n) is 1.54. The van der Waals surface area contributed by atoms with E-state index in [2.05, 4.69) is 11.9 Å². The van der Waals surface area contributed by atoms with Gasteiger partial charge in [0.05, 0.1) is 0 Å². The first kappa shape index (κ1) is 13.3. The second-order valence-electron chi connectivity index (χ2n) is 4.12. The van der Waals surface area contributed by atoms with E-state index in [9.17, 15) is 4.79 Å². The molecule has 0 saturated carbocycles. The molecule has 2 amide bonds. The Labute approximate surface area is 103 Å². The van der Waals surface area contributed by atoms with Crippen LogP contribution in [0.3, 0.4) is 0 Å². The smallest absolute Gasteiger partial charge is 0.317 e. The number of rotatable bonds is 5. The van der Waals surface area contributed by atoms with Gasteiger partial charge in [-0.1, -0.05) is 42.5 Å². The van der Waals surface area contributed by atoms with Crippen LogP contribution in [0.1, 0.15) is 19.4 Å². The zero-order valence-corrected chi connectivity index (χ0v) is 10.6. The molecule has 17 heavy (non-hydrogen) atoms. The van der Waals surface area contributed by atoms with Crippen molar-refractivity contribution in [1.82, 2.24) is 10.2 Å². The maximum absolute atomic E-state index is 11.9. The van der Waals surface area contributed by atoms with Crippen molar-refractivity contribution >= 4 is 6.03 Å². The van der Waals surface area contributed by atoms with Crippen LogP contribution in [0.5, 0.6) is 0 Å². The number of hydrogen-bond donors (Lipinski definition) is 1. The van der Waals surface area contributed by atoms with E-state index in [1.54, 1.807) is 4.90 Å². The summed E-state index contributed by atoms with van der Waals surface area (Å²) >= 11 is 0. The number of carbonyl (C=O) groups excluding carboxylic acids is 1. The molecule has 1 aromatic rings. The number of nitrogens with one attached hydrogen (secondary N) is 1. The van der Waals surface area contributed by atoms with E-state index in [4.69, 9.17) is 0 Å². The molecular formula is C14H20N2O. The van der Waals surface area contributed by atoms with Crippen LogP contribution in [0, 0.1) is 0 Å². The number of likely N-dealkylation sites (N-methyl/N-ethyl adjacent to an activating group) is 1. The number of amides is 2. The average molecular weight is 232 g/mol. The number of hydrogen-bond acceptors (Lipinski definition) is 1. The van der Waals surface area contributed by atoms with E-state index in [1.165, 1.54) is 0 Å². The highest BCUT2D eigenvalue weighted by Gasteiger charge is 2.10. The van der Waals surface area contributed by atoms with Crippen LogP contribution in [0.4, 0.5) is 4.79 Å². The summed E-state index contributed by atoms with van der Waals surface area (Å²) in [6.07, 6.45) is 0. The van der Waals surface area contributed by atoms with Crippen molar-refractivity contribution < 1.29 is 4.79 Å². The van der Waals surface area contributed by atoms with E-state index < -0.39 is 0 Å². The minimum absolute atomic E-state index is 0.0423. The molecule has 1 aromatic carbocycles. The van der Waals surface area contributed by atoms with Gasteiger partial charge in [-0.15, -0.1) is 0 Å². The van der Waals surface area contributed by atoms with Crippen LogP contribution >= 0.6 is 0 Å². The summed E-state index contributed by atoms with van der Waals surface area (Å²) < 4.78 is 0. The predicted molar refractivity (Wildman–Crippen MR) is 70.7 cm³/mol. The van der Waals surface area contributed by atoms with Gasteiger partial charge in [-0.2, -0.15) is 0 Å². The third-order valence-electron chi connectivity index (χ3n) is 2.42. The van der Waals surface area contributed by atoms with Crippen molar-refractivity contribution in [3.05, 3.63) is 48.0 Å². The molecule has 0 heterocycles. The summed E-state index contributed by atoms with van der Waals surface area (Å²) in [5, 5.41) is 2.90. The van der Waals surface area contributed by atoms with Gasteiger partial charge in [0.1, 0.15) is 0 Å². The molecule has 0 aliphatic rings. The van der Waals surface area contributed by atoms with Crippen LogP contribution in [0.15, 0.2) is 42.5 Å². The van der Waals surface area contributed by atoms with Gasteiger partial charge >= 0.3 is 6.03 Å². The van der Waals surface area contributed by atoms with Crippen molar-refractivity contribution in [1.29, 1.82) is 0 Å². The van der Waals surface area contributed by atoms with Gasteiger partial charge in [-0.05, 0) is 19.4 Å². The zero-order valence-electron chi connectivity index (χ0n) is 10.6. The lowest BCUT2D eigenvalue weighted by Crippen LogP contribution is -2.40. The topological polar surface area (TPSA) is 32.3 Å². The molecule has 0 aliphatic heterocycles. The maximum atomic E-state index is 11.9. The molecule has 3 heteroatoms. The Kier molecular flexibility index (Phi) is 5.27. The minimum Gasteiger partial charge on any atom is -0.334 e. The van der Waals surface area contributed by atoms with Crippen molar-refractivity contribution in [3.8, 4) is 0 Å². The van der Waals surface area contributed by atoms with Crippen molar-refractivity contribution in [2.75, 3.05) is 13.1 Å². The molecule has 0 saturated heterocycles.